The molecule has 1 aliphatic rings. The fraction of sp³-hybridized carbons (Fsp3) is 0.750. The summed E-state index contributed by atoms with van der Waals surface area (Å²) in [5, 5.41) is 0. The van der Waals surface area contributed by atoms with Gasteiger partial charge >= 0.3 is 5.97 Å². The third-order valence-corrected chi connectivity index (χ3v) is 0.681. The second-order valence-electron chi connectivity index (χ2n) is 1.20. The van der Waals surface area contributed by atoms with Gasteiger partial charge in [0.2, 0.25) is 0 Å². The molecule has 0 amide bonds. The van der Waals surface area contributed by atoms with E-state index < -0.39 is 6.58 Å². The maximum absolute atomic E-state index is 10.1. The standard InChI is InChI=1S/C4H6O2/c5-4-2-1-3-6-4/h1-3H2/i3D. The van der Waals surface area contributed by atoms with E-state index in [4.69, 9.17) is 1.37 Å². The molecule has 1 atom stereocenters. The molecule has 0 aromatic rings. The summed E-state index contributed by atoms with van der Waals surface area (Å²) in [6, 6.07) is 0. The molecule has 0 N–H and O–H groups in total. The minimum absolute atomic E-state index is 0.236. The van der Waals surface area contributed by atoms with Gasteiger partial charge in [0.15, 0.2) is 0 Å². The Hall–Kier alpha value is -0.530. The number of ether oxygens (including phenoxy) is 1. The fourth-order valence-corrected chi connectivity index (χ4v) is 0.388. The number of esters is 1. The van der Waals surface area contributed by atoms with E-state index in [1.807, 2.05) is 0 Å². The van der Waals surface area contributed by atoms with Crippen LogP contribution in [0.5, 0.6) is 0 Å². The van der Waals surface area contributed by atoms with E-state index in [2.05, 4.69) is 4.74 Å². The van der Waals surface area contributed by atoms with Gasteiger partial charge in [-0.1, -0.05) is 0 Å². The van der Waals surface area contributed by atoms with Gasteiger partial charge in [0.1, 0.15) is 0 Å². The zero-order chi connectivity index (χ0) is 5.28. The molecule has 1 rings (SSSR count). The highest BCUT2D eigenvalue weighted by molar-refractivity contribution is 5.70. The van der Waals surface area contributed by atoms with Gasteiger partial charge < -0.3 is 4.74 Å². The predicted molar refractivity (Wildman–Crippen MR) is 20.2 cm³/mol. The molecule has 1 heterocycles. The Morgan fingerprint density at radius 1 is 2.00 bits per heavy atom. The molecule has 1 saturated heterocycles. The van der Waals surface area contributed by atoms with Crippen molar-refractivity contribution in [3.8, 4) is 0 Å². The second kappa shape index (κ2) is 1.29. The third-order valence-electron chi connectivity index (χ3n) is 0.681. The highest BCUT2D eigenvalue weighted by Gasteiger charge is 2.08. The summed E-state index contributed by atoms with van der Waals surface area (Å²) in [4.78, 5) is 10.1. The van der Waals surface area contributed by atoms with Crippen LogP contribution in [0, 0.1) is 0 Å². The molecule has 0 aromatic heterocycles. The van der Waals surface area contributed by atoms with E-state index in [0.29, 0.717) is 12.8 Å². The maximum atomic E-state index is 10.1. The van der Waals surface area contributed by atoms with Crippen molar-refractivity contribution in [2.45, 2.75) is 12.8 Å². The van der Waals surface area contributed by atoms with Gasteiger partial charge in [0.25, 0.3) is 0 Å². The van der Waals surface area contributed by atoms with Gasteiger partial charge in [-0.15, -0.1) is 0 Å². The van der Waals surface area contributed by atoms with Gasteiger partial charge in [-0.05, 0) is 6.42 Å². The van der Waals surface area contributed by atoms with Gasteiger partial charge in [0.05, 0.1) is 7.95 Å². The summed E-state index contributed by atoms with van der Waals surface area (Å²) in [5.41, 5.74) is 0. The molecule has 2 heteroatoms. The van der Waals surface area contributed by atoms with E-state index in [-0.39, 0.29) is 5.97 Å². The summed E-state index contributed by atoms with van der Waals surface area (Å²) in [6.45, 7) is -0.576. The van der Waals surface area contributed by atoms with E-state index in [0.717, 1.165) is 0 Å². The molecule has 0 saturated carbocycles. The first-order valence-electron chi connectivity index (χ1n) is 2.48. The lowest BCUT2D eigenvalue weighted by Gasteiger charge is -1.81. The molecule has 34 valence electrons. The highest BCUT2D eigenvalue weighted by atomic mass is 16.5. The maximum Gasteiger partial charge on any atom is 0.305 e. The van der Waals surface area contributed by atoms with E-state index >= 15 is 0 Å². The molecule has 0 radical (unpaired) electrons. The van der Waals surface area contributed by atoms with Crippen LogP contribution >= 0.6 is 0 Å². The lowest BCUT2D eigenvalue weighted by Crippen LogP contribution is -1.88. The average Bonchev–Trinajstić information content (AvgIpc) is 1.87. The highest BCUT2D eigenvalue weighted by Crippen LogP contribution is 2.01. The van der Waals surface area contributed by atoms with Crippen molar-refractivity contribution in [1.82, 2.24) is 0 Å². The minimum atomic E-state index is -0.576. The first kappa shape index (κ1) is 2.61. The lowest BCUT2D eigenvalue weighted by atomic mass is 10.4. The normalized spacial score (nSPS) is 35.7. The Morgan fingerprint density at radius 3 is 3.00 bits per heavy atom. The molecule has 2 nitrogen and oxygen atoms in total. The number of hydrogen-bond donors (Lipinski definition) is 0. The first-order chi connectivity index (χ1) is 3.29. The fourth-order valence-electron chi connectivity index (χ4n) is 0.388. The molecular formula is C4H6O2. The van der Waals surface area contributed by atoms with Crippen LogP contribution in [-0.2, 0) is 9.53 Å². The number of cyclic esters (lactones) is 1. The van der Waals surface area contributed by atoms with Crippen LogP contribution in [-0.4, -0.2) is 12.6 Å². The van der Waals surface area contributed by atoms with Crippen LogP contribution in [0.1, 0.15) is 14.2 Å². The van der Waals surface area contributed by atoms with Crippen LogP contribution in [0.15, 0.2) is 0 Å². The summed E-state index contributed by atoms with van der Waals surface area (Å²) in [6.07, 6.45) is 0.993. The summed E-state index contributed by atoms with van der Waals surface area (Å²) in [5.74, 6) is -0.236. The summed E-state index contributed by atoms with van der Waals surface area (Å²) < 4.78 is 11.2. The van der Waals surface area contributed by atoms with Gasteiger partial charge in [-0.2, -0.15) is 0 Å². The Bertz CT molecular complexity index is 91.7. The van der Waals surface area contributed by atoms with Crippen molar-refractivity contribution in [2.75, 3.05) is 6.58 Å². The van der Waals surface area contributed by atoms with E-state index in [1.54, 1.807) is 0 Å². The van der Waals surface area contributed by atoms with Crippen molar-refractivity contribution in [3.05, 3.63) is 0 Å². The van der Waals surface area contributed by atoms with Crippen molar-refractivity contribution in [3.63, 3.8) is 0 Å². The topological polar surface area (TPSA) is 26.3 Å². The molecule has 0 spiro atoms. The quantitative estimate of drug-likeness (QED) is 0.398. The van der Waals surface area contributed by atoms with Gasteiger partial charge in [0, 0.05) is 6.42 Å². The smallest absolute Gasteiger partial charge is 0.305 e. The van der Waals surface area contributed by atoms with Crippen molar-refractivity contribution in [1.29, 1.82) is 0 Å². The SMILES string of the molecule is [2H]C1CCC(=O)O1. The largest absolute Gasteiger partial charge is 0.466 e. The van der Waals surface area contributed by atoms with Crippen molar-refractivity contribution >= 4 is 5.97 Å². The van der Waals surface area contributed by atoms with Crippen LogP contribution in [0.4, 0.5) is 0 Å². The zero-order valence-corrected chi connectivity index (χ0v) is 3.31. The first-order valence-corrected chi connectivity index (χ1v) is 1.91. The molecule has 0 aromatic carbocycles. The van der Waals surface area contributed by atoms with E-state index in [9.17, 15) is 4.79 Å². The molecule has 0 bridgehead atoms. The lowest BCUT2D eigenvalue weighted by molar-refractivity contribution is -0.137. The van der Waals surface area contributed by atoms with Gasteiger partial charge in [-0.25, -0.2) is 0 Å². The third kappa shape index (κ3) is 0.506. The monoisotopic (exact) mass is 87.0 g/mol. The predicted octanol–water partition coefficient (Wildman–Crippen LogP) is 0.323. The van der Waals surface area contributed by atoms with Crippen LogP contribution in [0.2, 0.25) is 0 Å². The van der Waals surface area contributed by atoms with Crippen molar-refractivity contribution < 1.29 is 10.9 Å². The van der Waals surface area contributed by atoms with E-state index in [1.165, 1.54) is 0 Å². The van der Waals surface area contributed by atoms with Gasteiger partial charge in [-0.3, -0.25) is 4.79 Å². The molecule has 6 heavy (non-hydrogen) atoms. The number of rotatable bonds is 0. The Kier molecular flexibility index (Phi) is 0.560. The average molecular weight is 87.1 g/mol. The van der Waals surface area contributed by atoms with Crippen molar-refractivity contribution in [2.24, 2.45) is 0 Å². The number of carbonyl (C=O) groups excluding carboxylic acids is 1. The molecule has 1 fully saturated rings. The molecular weight excluding hydrogens is 80.0 g/mol. The molecule has 1 unspecified atom stereocenters. The van der Waals surface area contributed by atoms with Crippen LogP contribution < -0.4 is 0 Å². The summed E-state index contributed by atoms with van der Waals surface area (Å²) in [7, 11) is 0. The summed E-state index contributed by atoms with van der Waals surface area (Å²) >= 11 is 0. The van der Waals surface area contributed by atoms with Crippen LogP contribution in [0.25, 0.3) is 0 Å². The Labute approximate surface area is 37.5 Å². The number of hydrogen-bond acceptors (Lipinski definition) is 2. The number of carbonyl (C=O) groups is 1. The molecule has 1 aliphatic heterocycles. The minimum Gasteiger partial charge on any atom is -0.466 e. The zero-order valence-electron chi connectivity index (χ0n) is 4.31. The molecule has 0 aliphatic carbocycles. The Balaban J connectivity index is 2.40. The Morgan fingerprint density at radius 2 is 2.83 bits per heavy atom. The second-order valence-corrected chi connectivity index (χ2v) is 1.20. The van der Waals surface area contributed by atoms with Crippen LogP contribution in [0.3, 0.4) is 0 Å².